The van der Waals surface area contributed by atoms with Gasteiger partial charge in [-0.1, -0.05) is 48.5 Å². The lowest BCUT2D eigenvalue weighted by atomic mass is 9.81. The maximum absolute atomic E-state index is 5.60. The van der Waals surface area contributed by atoms with E-state index in [4.69, 9.17) is 6.42 Å². The lowest BCUT2D eigenvalue weighted by Crippen LogP contribution is -2.12. The van der Waals surface area contributed by atoms with E-state index in [0.29, 0.717) is 5.92 Å². The first-order valence-electron chi connectivity index (χ1n) is 7.25. The summed E-state index contributed by atoms with van der Waals surface area (Å²) in [5.41, 5.74) is 2.96. The summed E-state index contributed by atoms with van der Waals surface area (Å²) >= 11 is 0. The lowest BCUT2D eigenvalue weighted by Gasteiger charge is -2.22. The molecule has 1 aliphatic carbocycles. The van der Waals surface area contributed by atoms with Gasteiger partial charge in [0.2, 0.25) is 0 Å². The summed E-state index contributed by atoms with van der Waals surface area (Å²) in [5, 5.41) is 5.46. The van der Waals surface area contributed by atoms with Crippen molar-refractivity contribution in [1.82, 2.24) is 0 Å². The first kappa shape index (κ1) is 11.6. The number of benzene rings is 3. The second kappa shape index (κ2) is 4.39. The van der Waals surface area contributed by atoms with Crippen molar-refractivity contribution < 1.29 is 0 Å². The van der Waals surface area contributed by atoms with Crippen LogP contribution >= 0.6 is 0 Å². The molecule has 0 saturated carbocycles. The van der Waals surface area contributed by atoms with Gasteiger partial charge in [0.15, 0.2) is 0 Å². The molecule has 0 amide bonds. The van der Waals surface area contributed by atoms with Gasteiger partial charge in [-0.15, -0.1) is 12.3 Å². The molecule has 3 aromatic carbocycles. The maximum atomic E-state index is 5.60. The third-order valence-electron chi connectivity index (χ3n) is 4.58. The Morgan fingerprint density at radius 2 is 1.75 bits per heavy atom. The maximum Gasteiger partial charge on any atom is 0.0243 e. The van der Waals surface area contributed by atoms with Crippen LogP contribution in [0.25, 0.3) is 21.5 Å². The minimum atomic E-state index is 0.417. The van der Waals surface area contributed by atoms with Gasteiger partial charge in [-0.3, -0.25) is 0 Å². The molecule has 0 aromatic heterocycles. The molecule has 0 radical (unpaired) electrons. The molecule has 0 aliphatic heterocycles. The third kappa shape index (κ3) is 1.63. The monoisotopic (exact) mass is 256 g/mol. The molecular weight excluding hydrogens is 240 g/mol. The topological polar surface area (TPSA) is 0 Å². The Bertz CT molecular complexity index is 849. The van der Waals surface area contributed by atoms with Gasteiger partial charge in [0.1, 0.15) is 0 Å². The van der Waals surface area contributed by atoms with E-state index in [1.807, 2.05) is 0 Å². The van der Waals surface area contributed by atoms with Gasteiger partial charge in [0, 0.05) is 5.92 Å². The van der Waals surface area contributed by atoms with Crippen molar-refractivity contribution in [2.75, 3.05) is 0 Å². The van der Waals surface area contributed by atoms with Crippen molar-refractivity contribution in [3.8, 4) is 12.3 Å². The molecule has 0 heteroatoms. The number of fused-ring (bicyclic) bond motifs is 5. The van der Waals surface area contributed by atoms with E-state index in [2.05, 4.69) is 54.5 Å². The van der Waals surface area contributed by atoms with E-state index >= 15 is 0 Å². The Labute approximate surface area is 119 Å². The lowest BCUT2D eigenvalue weighted by molar-refractivity contribution is 0.574. The predicted octanol–water partition coefficient (Wildman–Crippen LogP) is 4.73. The minimum Gasteiger partial charge on any atom is -0.120 e. The van der Waals surface area contributed by atoms with E-state index < -0.39 is 0 Å². The van der Waals surface area contributed by atoms with Crippen LogP contribution in [-0.4, -0.2) is 0 Å². The number of hydrogen-bond acceptors (Lipinski definition) is 0. The average Bonchev–Trinajstić information content (AvgIpc) is 2.53. The molecule has 0 spiro atoms. The third-order valence-corrected chi connectivity index (χ3v) is 4.58. The Hall–Kier alpha value is -2.26. The summed E-state index contributed by atoms with van der Waals surface area (Å²) in [6, 6.07) is 17.7. The fraction of sp³-hybridized carbons (Fsp3) is 0.200. The molecule has 0 saturated heterocycles. The second-order valence-corrected chi connectivity index (χ2v) is 5.69. The fourth-order valence-corrected chi connectivity index (χ4v) is 3.51. The summed E-state index contributed by atoms with van der Waals surface area (Å²) in [6.45, 7) is 0. The first-order chi connectivity index (χ1) is 9.86. The standard InChI is InChI=1S/C20H16/c1-2-14-7-10-18-16(13-14)9-12-19-17-6-4-3-5-15(17)8-11-20(18)19/h1,3-6,8-9,11-12,14H,7,10,13H2. The molecular formula is C20H16. The van der Waals surface area contributed by atoms with Gasteiger partial charge in [0.25, 0.3) is 0 Å². The van der Waals surface area contributed by atoms with Crippen molar-refractivity contribution in [3.05, 3.63) is 59.7 Å². The number of rotatable bonds is 0. The van der Waals surface area contributed by atoms with Gasteiger partial charge < -0.3 is 0 Å². The van der Waals surface area contributed by atoms with Crippen LogP contribution in [0.2, 0.25) is 0 Å². The number of terminal acetylenes is 1. The number of hydrogen-bond donors (Lipinski definition) is 0. The second-order valence-electron chi connectivity index (χ2n) is 5.69. The van der Waals surface area contributed by atoms with Crippen LogP contribution in [-0.2, 0) is 12.8 Å². The van der Waals surface area contributed by atoms with Crippen molar-refractivity contribution in [3.63, 3.8) is 0 Å². The molecule has 96 valence electrons. The van der Waals surface area contributed by atoms with Crippen LogP contribution in [0, 0.1) is 18.3 Å². The van der Waals surface area contributed by atoms with Crippen LogP contribution in [0.1, 0.15) is 17.5 Å². The quantitative estimate of drug-likeness (QED) is 0.403. The van der Waals surface area contributed by atoms with Gasteiger partial charge in [-0.25, -0.2) is 0 Å². The van der Waals surface area contributed by atoms with Crippen LogP contribution in [0.4, 0.5) is 0 Å². The molecule has 1 atom stereocenters. The van der Waals surface area contributed by atoms with Crippen LogP contribution in [0.3, 0.4) is 0 Å². The fourth-order valence-electron chi connectivity index (χ4n) is 3.51. The van der Waals surface area contributed by atoms with Crippen LogP contribution < -0.4 is 0 Å². The van der Waals surface area contributed by atoms with Crippen molar-refractivity contribution >= 4 is 21.5 Å². The van der Waals surface area contributed by atoms with E-state index in [9.17, 15) is 0 Å². The minimum absolute atomic E-state index is 0.417. The Morgan fingerprint density at radius 1 is 0.900 bits per heavy atom. The number of aryl methyl sites for hydroxylation is 1. The Balaban J connectivity index is 2.01. The molecule has 0 fully saturated rings. The summed E-state index contributed by atoms with van der Waals surface area (Å²) < 4.78 is 0. The van der Waals surface area contributed by atoms with Gasteiger partial charge in [-0.2, -0.15) is 0 Å². The molecule has 1 aliphatic rings. The molecule has 20 heavy (non-hydrogen) atoms. The first-order valence-corrected chi connectivity index (χ1v) is 7.25. The summed E-state index contributed by atoms with van der Waals surface area (Å²) in [6.07, 6.45) is 8.87. The smallest absolute Gasteiger partial charge is 0.0243 e. The predicted molar refractivity (Wildman–Crippen MR) is 85.8 cm³/mol. The van der Waals surface area contributed by atoms with Crippen LogP contribution in [0.5, 0.6) is 0 Å². The normalized spacial score (nSPS) is 17.9. The highest BCUT2D eigenvalue weighted by Gasteiger charge is 2.19. The summed E-state index contributed by atoms with van der Waals surface area (Å²) in [5.74, 6) is 3.34. The molecule has 4 rings (SSSR count). The molecule has 1 unspecified atom stereocenters. The van der Waals surface area contributed by atoms with E-state index in [1.54, 1.807) is 0 Å². The van der Waals surface area contributed by atoms with Crippen molar-refractivity contribution in [2.24, 2.45) is 5.92 Å². The zero-order valence-electron chi connectivity index (χ0n) is 11.4. The van der Waals surface area contributed by atoms with Crippen molar-refractivity contribution in [1.29, 1.82) is 0 Å². The van der Waals surface area contributed by atoms with E-state index in [0.717, 1.165) is 19.3 Å². The highest BCUT2D eigenvalue weighted by molar-refractivity contribution is 6.08. The Morgan fingerprint density at radius 3 is 2.65 bits per heavy atom. The summed E-state index contributed by atoms with van der Waals surface area (Å²) in [4.78, 5) is 0. The van der Waals surface area contributed by atoms with Gasteiger partial charge in [-0.05, 0) is 51.9 Å². The van der Waals surface area contributed by atoms with Gasteiger partial charge in [0.05, 0.1) is 0 Å². The zero-order valence-corrected chi connectivity index (χ0v) is 11.4. The van der Waals surface area contributed by atoms with E-state index in [1.165, 1.54) is 32.7 Å². The Kier molecular flexibility index (Phi) is 2.54. The highest BCUT2D eigenvalue weighted by atomic mass is 14.2. The van der Waals surface area contributed by atoms with Crippen molar-refractivity contribution in [2.45, 2.75) is 19.3 Å². The molecule has 3 aromatic rings. The van der Waals surface area contributed by atoms with Gasteiger partial charge >= 0.3 is 0 Å². The average molecular weight is 256 g/mol. The van der Waals surface area contributed by atoms with E-state index in [-0.39, 0.29) is 0 Å². The molecule has 0 nitrogen and oxygen atoms in total. The molecule has 0 heterocycles. The van der Waals surface area contributed by atoms with Crippen LogP contribution in [0.15, 0.2) is 48.5 Å². The summed E-state index contributed by atoms with van der Waals surface area (Å²) in [7, 11) is 0. The highest BCUT2D eigenvalue weighted by Crippen LogP contribution is 2.34. The SMILES string of the molecule is C#CC1CCc2c(ccc3c2ccc2ccccc23)C1. The molecule has 0 N–H and O–H groups in total. The largest absolute Gasteiger partial charge is 0.120 e. The molecule has 0 bridgehead atoms. The zero-order chi connectivity index (χ0) is 13.5.